The number of benzene rings is 3. The van der Waals surface area contributed by atoms with Crippen molar-refractivity contribution in [3.8, 4) is 0 Å². The van der Waals surface area contributed by atoms with Gasteiger partial charge >= 0.3 is 12.1 Å². The van der Waals surface area contributed by atoms with Gasteiger partial charge in [0.25, 0.3) is 10.0 Å². The number of ether oxygens (including phenoxy) is 2. The lowest BCUT2D eigenvalue weighted by atomic mass is 9.90. The number of hydrogen-bond acceptors (Lipinski definition) is 7. The molecule has 1 aliphatic rings. The molecule has 1 amide bonds. The molecule has 3 aromatic carbocycles. The van der Waals surface area contributed by atoms with E-state index in [1.807, 2.05) is 51.1 Å². The predicted molar refractivity (Wildman–Crippen MR) is 167 cm³/mol. The molecule has 11 heteroatoms. The summed E-state index contributed by atoms with van der Waals surface area (Å²) in [4.78, 5) is 26.9. The van der Waals surface area contributed by atoms with Crippen LogP contribution in [0.2, 0.25) is 5.02 Å². The van der Waals surface area contributed by atoms with E-state index in [9.17, 15) is 18.0 Å². The van der Waals surface area contributed by atoms with Gasteiger partial charge in [0.2, 0.25) is 0 Å². The molecule has 0 saturated carbocycles. The minimum atomic E-state index is -4.33. The third-order valence-corrected chi connectivity index (χ3v) is 9.47. The van der Waals surface area contributed by atoms with Gasteiger partial charge in [0.15, 0.2) is 0 Å². The number of nitrogens with zero attached hydrogens (tertiary/aromatic N) is 2. The smallest absolute Gasteiger partial charge is 0.410 e. The molecule has 4 rings (SSSR count). The monoisotopic (exact) mass is 627 g/mol. The second kappa shape index (κ2) is 13.7. The van der Waals surface area contributed by atoms with Crippen molar-refractivity contribution in [2.45, 2.75) is 57.1 Å². The lowest BCUT2D eigenvalue weighted by Crippen LogP contribution is -2.42. The molecule has 1 saturated heterocycles. The normalized spacial score (nSPS) is 14.3. The number of likely N-dealkylation sites (tertiary alicyclic amines) is 1. The minimum Gasteiger partial charge on any atom is -0.459 e. The number of nitrogen functional groups attached to an aromatic ring is 1. The van der Waals surface area contributed by atoms with E-state index in [4.69, 9.17) is 26.8 Å². The van der Waals surface area contributed by atoms with E-state index < -0.39 is 28.1 Å². The summed E-state index contributed by atoms with van der Waals surface area (Å²) in [5.74, 6) is -0.539. The molecule has 230 valence electrons. The van der Waals surface area contributed by atoms with Crippen LogP contribution < -0.4 is 10.0 Å². The zero-order chi connectivity index (χ0) is 31.2. The number of nitrogens with two attached hydrogens (primary N) is 1. The van der Waals surface area contributed by atoms with E-state index in [2.05, 4.69) is 0 Å². The molecule has 1 fully saturated rings. The predicted octanol–water partition coefficient (Wildman–Crippen LogP) is 6.05. The van der Waals surface area contributed by atoms with Gasteiger partial charge in [0.05, 0.1) is 16.4 Å². The van der Waals surface area contributed by atoms with Crippen molar-refractivity contribution >= 4 is 45.1 Å². The van der Waals surface area contributed by atoms with Crippen LogP contribution in [0, 0.1) is 5.92 Å². The van der Waals surface area contributed by atoms with Crippen molar-refractivity contribution in [2.24, 2.45) is 5.92 Å². The standard InChI is InChI=1S/C32H38ClN3O6S/c1-32(2,3)42-31(38)35-18-16-23(17-19-35)20-25-12-9-15-28(30(25)33)43(39,40)36(27-14-8-7-13-26(27)34)21-29(37)41-22-24-10-5-4-6-11-24/h4-15,23H,16-22,34H2,1-3H3. The highest BCUT2D eigenvalue weighted by Gasteiger charge is 2.33. The Morgan fingerprint density at radius 3 is 2.28 bits per heavy atom. The number of carbonyl (C=O) groups is 2. The summed E-state index contributed by atoms with van der Waals surface area (Å²) in [5, 5.41) is 0.0919. The molecule has 3 aromatic rings. The summed E-state index contributed by atoms with van der Waals surface area (Å²) >= 11 is 6.78. The molecule has 43 heavy (non-hydrogen) atoms. The summed E-state index contributed by atoms with van der Waals surface area (Å²) in [6, 6.07) is 20.4. The maximum atomic E-state index is 14.1. The first-order valence-corrected chi connectivity index (χ1v) is 16.0. The van der Waals surface area contributed by atoms with Crippen LogP contribution in [0.5, 0.6) is 0 Å². The third kappa shape index (κ3) is 8.42. The zero-order valence-corrected chi connectivity index (χ0v) is 26.2. The highest BCUT2D eigenvalue weighted by Crippen LogP contribution is 2.35. The Morgan fingerprint density at radius 2 is 1.63 bits per heavy atom. The van der Waals surface area contributed by atoms with Crippen LogP contribution in [-0.4, -0.2) is 50.6 Å². The number of rotatable bonds is 9. The summed E-state index contributed by atoms with van der Waals surface area (Å²) in [7, 11) is -4.33. The number of hydrogen-bond donors (Lipinski definition) is 1. The van der Waals surface area contributed by atoms with Crippen LogP contribution in [0.3, 0.4) is 0 Å². The average Bonchev–Trinajstić information content (AvgIpc) is 2.96. The van der Waals surface area contributed by atoms with Gasteiger partial charge in [-0.25, -0.2) is 13.2 Å². The van der Waals surface area contributed by atoms with Crippen LogP contribution in [0.25, 0.3) is 0 Å². The second-order valence-corrected chi connectivity index (χ2v) is 13.8. The largest absolute Gasteiger partial charge is 0.459 e. The number of sulfonamides is 1. The SMILES string of the molecule is CC(C)(C)OC(=O)N1CCC(Cc2cccc(S(=O)(=O)N(CC(=O)OCc3ccccc3)c3ccccc3N)c2Cl)CC1. The molecule has 0 atom stereocenters. The fourth-order valence-corrected chi connectivity index (χ4v) is 6.95. The molecule has 9 nitrogen and oxygen atoms in total. The molecule has 0 spiro atoms. The average molecular weight is 628 g/mol. The Morgan fingerprint density at radius 1 is 0.977 bits per heavy atom. The highest BCUT2D eigenvalue weighted by atomic mass is 35.5. The number of amides is 1. The van der Waals surface area contributed by atoms with Crippen molar-refractivity contribution in [1.29, 1.82) is 0 Å². The maximum Gasteiger partial charge on any atom is 0.410 e. The van der Waals surface area contributed by atoms with Gasteiger partial charge < -0.3 is 20.1 Å². The van der Waals surface area contributed by atoms with Gasteiger partial charge in [0, 0.05) is 13.1 Å². The molecule has 1 aliphatic heterocycles. The van der Waals surface area contributed by atoms with Crippen LogP contribution >= 0.6 is 11.6 Å². The van der Waals surface area contributed by atoms with Crippen molar-refractivity contribution in [1.82, 2.24) is 4.90 Å². The minimum absolute atomic E-state index is 0.000812. The molecular weight excluding hydrogens is 590 g/mol. The molecule has 0 radical (unpaired) electrons. The molecular formula is C32H38ClN3O6S. The lowest BCUT2D eigenvalue weighted by Gasteiger charge is -2.33. The first kappa shape index (κ1) is 32.2. The summed E-state index contributed by atoms with van der Waals surface area (Å²) in [6.45, 7) is 6.00. The van der Waals surface area contributed by atoms with Crippen LogP contribution in [0.15, 0.2) is 77.7 Å². The molecule has 0 unspecified atom stereocenters. The van der Waals surface area contributed by atoms with E-state index >= 15 is 0 Å². The summed E-state index contributed by atoms with van der Waals surface area (Å²) < 4.78 is 40.1. The fourth-order valence-electron chi connectivity index (χ4n) is 4.90. The Kier molecular flexibility index (Phi) is 10.2. The lowest BCUT2D eigenvalue weighted by molar-refractivity contribution is -0.143. The van der Waals surface area contributed by atoms with Gasteiger partial charge in [0.1, 0.15) is 23.6 Å². The van der Waals surface area contributed by atoms with Gasteiger partial charge in [-0.1, -0.05) is 66.2 Å². The van der Waals surface area contributed by atoms with Gasteiger partial charge in [-0.15, -0.1) is 0 Å². The molecule has 2 N–H and O–H groups in total. The molecule has 1 heterocycles. The van der Waals surface area contributed by atoms with Crippen LogP contribution in [-0.2, 0) is 37.3 Å². The second-order valence-electron chi connectivity index (χ2n) is 11.6. The molecule has 0 aliphatic carbocycles. The van der Waals surface area contributed by atoms with E-state index in [1.54, 1.807) is 35.2 Å². The number of para-hydroxylation sites is 2. The highest BCUT2D eigenvalue weighted by molar-refractivity contribution is 7.93. The Labute approximate surface area is 258 Å². The van der Waals surface area contributed by atoms with Crippen molar-refractivity contribution < 1.29 is 27.5 Å². The summed E-state index contributed by atoms with van der Waals surface area (Å²) in [6.07, 6.45) is 1.66. The number of piperidine rings is 1. The van der Waals surface area contributed by atoms with Crippen LogP contribution in [0.1, 0.15) is 44.7 Å². The van der Waals surface area contributed by atoms with Crippen molar-refractivity contribution in [3.63, 3.8) is 0 Å². The van der Waals surface area contributed by atoms with E-state index in [0.29, 0.717) is 25.1 Å². The Bertz CT molecular complexity index is 1530. The number of anilines is 2. The van der Waals surface area contributed by atoms with Gasteiger partial charge in [-0.05, 0) is 75.3 Å². The summed E-state index contributed by atoms with van der Waals surface area (Å²) in [5.41, 5.74) is 7.38. The molecule has 0 aromatic heterocycles. The Balaban J connectivity index is 1.52. The topological polar surface area (TPSA) is 119 Å². The van der Waals surface area contributed by atoms with Crippen LogP contribution in [0.4, 0.5) is 16.2 Å². The maximum absolute atomic E-state index is 14.1. The quantitative estimate of drug-likeness (QED) is 0.226. The van der Waals surface area contributed by atoms with E-state index in [0.717, 1.165) is 22.7 Å². The number of carbonyl (C=O) groups excluding carboxylic acids is 2. The zero-order valence-electron chi connectivity index (χ0n) is 24.7. The van der Waals surface area contributed by atoms with Gasteiger partial charge in [-0.2, -0.15) is 0 Å². The Hall–Kier alpha value is -3.76. The number of esters is 1. The fraction of sp³-hybridized carbons (Fsp3) is 0.375. The van der Waals surface area contributed by atoms with Crippen molar-refractivity contribution in [3.05, 3.63) is 88.9 Å². The third-order valence-electron chi connectivity index (χ3n) is 7.11. The first-order chi connectivity index (χ1) is 20.3. The van der Waals surface area contributed by atoms with E-state index in [-0.39, 0.29) is 39.9 Å². The first-order valence-electron chi connectivity index (χ1n) is 14.2. The van der Waals surface area contributed by atoms with Crippen molar-refractivity contribution in [2.75, 3.05) is 29.7 Å². The molecule has 0 bridgehead atoms. The van der Waals surface area contributed by atoms with E-state index in [1.165, 1.54) is 12.1 Å². The number of halogens is 1. The van der Waals surface area contributed by atoms with Gasteiger partial charge in [-0.3, -0.25) is 9.10 Å².